The second-order valence-electron chi connectivity index (χ2n) is 7.20. The van der Waals surface area contributed by atoms with Crippen molar-refractivity contribution in [2.75, 3.05) is 0 Å². The van der Waals surface area contributed by atoms with Crippen molar-refractivity contribution in [1.29, 1.82) is 0 Å². The Kier molecular flexibility index (Phi) is 5.74. The van der Waals surface area contributed by atoms with Crippen molar-refractivity contribution in [3.05, 3.63) is 37.3 Å². The molecule has 8 nitrogen and oxygen atoms in total. The molecule has 2 aromatic heterocycles. The van der Waals surface area contributed by atoms with Gasteiger partial charge in [0.15, 0.2) is 11.4 Å². The second kappa shape index (κ2) is 7.90. The summed E-state index contributed by atoms with van der Waals surface area (Å²) in [5.74, 6) is 0.274. The summed E-state index contributed by atoms with van der Waals surface area (Å²) in [6.07, 6.45) is 5.23. The Morgan fingerprint density at radius 3 is 2.29 bits per heavy atom. The Hall–Kier alpha value is -2.42. The van der Waals surface area contributed by atoms with Crippen LogP contribution in [0.25, 0.3) is 11.0 Å². The fraction of sp³-hybridized carbons (Fsp3) is 0.526. The molecule has 0 unspecified atom stereocenters. The summed E-state index contributed by atoms with van der Waals surface area (Å²) in [6.45, 7) is 2.77. The average molecular weight is 404 g/mol. The molecule has 9 heteroatoms. The van der Waals surface area contributed by atoms with Crippen LogP contribution < -0.4 is 11.2 Å². The van der Waals surface area contributed by atoms with Crippen molar-refractivity contribution in [2.24, 2.45) is 14.1 Å². The summed E-state index contributed by atoms with van der Waals surface area (Å²) in [6, 6.07) is 0. The van der Waals surface area contributed by atoms with Gasteiger partial charge in [0.05, 0.1) is 4.91 Å². The molecule has 1 aliphatic rings. The van der Waals surface area contributed by atoms with Crippen molar-refractivity contribution in [2.45, 2.75) is 56.9 Å². The van der Waals surface area contributed by atoms with Crippen molar-refractivity contribution in [3.8, 4) is 0 Å². The molecule has 0 bridgehead atoms. The normalized spacial score (nSPS) is 16.3. The number of allylic oxidation sites excluding steroid dienone is 2. The highest BCUT2D eigenvalue weighted by Gasteiger charge is 2.25. The van der Waals surface area contributed by atoms with Gasteiger partial charge in [-0.05, 0) is 26.7 Å². The van der Waals surface area contributed by atoms with Crippen LogP contribution in [-0.2, 0) is 18.9 Å². The third-order valence-corrected chi connectivity index (χ3v) is 6.38. The van der Waals surface area contributed by atoms with E-state index in [2.05, 4.69) is 9.97 Å². The van der Waals surface area contributed by atoms with Gasteiger partial charge in [-0.25, -0.2) is 14.8 Å². The highest BCUT2D eigenvalue weighted by atomic mass is 32.2. The molecule has 0 amide bonds. The third-order valence-electron chi connectivity index (χ3n) is 5.10. The van der Waals surface area contributed by atoms with Gasteiger partial charge in [0.25, 0.3) is 5.56 Å². The molecule has 0 radical (unpaired) electrons. The summed E-state index contributed by atoms with van der Waals surface area (Å²) < 4.78 is 2.33. The van der Waals surface area contributed by atoms with Crippen LogP contribution in [0, 0.1) is 0 Å². The molecule has 150 valence electrons. The lowest BCUT2D eigenvalue weighted by Crippen LogP contribution is -2.38. The summed E-state index contributed by atoms with van der Waals surface area (Å²) in [7, 11) is 2.96. The lowest BCUT2D eigenvalue weighted by atomic mass is 9.89. The lowest BCUT2D eigenvalue weighted by Gasteiger charge is -2.21. The van der Waals surface area contributed by atoms with E-state index in [1.54, 1.807) is 7.05 Å². The molecule has 1 N–H and O–H groups in total. The zero-order chi connectivity index (χ0) is 20.6. The van der Waals surface area contributed by atoms with Crippen LogP contribution in [0.5, 0.6) is 0 Å². The number of hydrogen-bond acceptors (Lipinski definition) is 7. The van der Waals surface area contributed by atoms with Crippen molar-refractivity contribution in [3.63, 3.8) is 0 Å². The van der Waals surface area contributed by atoms with Gasteiger partial charge in [-0.2, -0.15) is 0 Å². The van der Waals surface area contributed by atoms with E-state index in [0.717, 1.165) is 42.0 Å². The molecule has 0 aliphatic heterocycles. The van der Waals surface area contributed by atoms with Crippen LogP contribution in [-0.4, -0.2) is 30.0 Å². The maximum atomic E-state index is 12.8. The number of thioether (sulfide) groups is 1. The van der Waals surface area contributed by atoms with Crippen LogP contribution in [0.4, 0.5) is 0 Å². The number of Topliss-reactive ketones (excluding diaryl/α,β-unsaturated/α-hetero) is 1. The first-order chi connectivity index (χ1) is 13.2. The van der Waals surface area contributed by atoms with Crippen LogP contribution in [0.1, 0.15) is 57.7 Å². The van der Waals surface area contributed by atoms with E-state index in [-0.39, 0.29) is 33.4 Å². The number of ketones is 1. The SMILES string of the molecule is CC(=O)/C(Sc1nc(C2CCCCC2)nc2c1c(=O)n(C)c(=O)n2C)=C(/C)O. The Morgan fingerprint density at radius 2 is 1.71 bits per heavy atom. The van der Waals surface area contributed by atoms with E-state index in [0.29, 0.717) is 10.9 Å². The quantitative estimate of drug-likeness (QED) is 0.361. The average Bonchev–Trinajstić information content (AvgIpc) is 2.68. The summed E-state index contributed by atoms with van der Waals surface area (Å²) >= 11 is 0.950. The predicted octanol–water partition coefficient (Wildman–Crippen LogP) is 2.55. The minimum absolute atomic E-state index is 0.116. The molecular formula is C19H24N4O4S. The standard InChI is InChI=1S/C19H24N4O4S/c1-10(24)14(11(2)25)28-17-13-16(22(3)19(27)23(4)18(13)26)20-15(21-17)12-8-6-5-7-9-12/h12,24H,5-9H2,1-4H3/b14-10+. The molecule has 2 heterocycles. The fourth-order valence-electron chi connectivity index (χ4n) is 3.56. The van der Waals surface area contributed by atoms with Gasteiger partial charge < -0.3 is 5.11 Å². The molecule has 1 fully saturated rings. The molecule has 1 saturated carbocycles. The summed E-state index contributed by atoms with van der Waals surface area (Å²) in [5.41, 5.74) is -0.735. The van der Waals surface area contributed by atoms with Gasteiger partial charge in [-0.3, -0.25) is 18.7 Å². The maximum Gasteiger partial charge on any atom is 0.332 e. The van der Waals surface area contributed by atoms with Crippen molar-refractivity contribution in [1.82, 2.24) is 19.1 Å². The molecule has 1 aliphatic carbocycles. The molecule has 3 rings (SSSR count). The van der Waals surface area contributed by atoms with Gasteiger partial charge in [-0.15, -0.1) is 0 Å². The minimum atomic E-state index is -0.519. The van der Waals surface area contributed by atoms with E-state index in [1.165, 1.54) is 31.9 Å². The number of hydrogen-bond donors (Lipinski definition) is 1. The Labute approximate surface area is 166 Å². The van der Waals surface area contributed by atoms with Gasteiger partial charge in [0, 0.05) is 20.0 Å². The molecule has 0 saturated heterocycles. The highest BCUT2D eigenvalue weighted by Crippen LogP contribution is 2.35. The number of carbonyl (C=O) groups is 1. The number of aryl methyl sites for hydroxylation is 1. The number of aromatic nitrogens is 4. The number of fused-ring (bicyclic) bond motifs is 1. The fourth-order valence-corrected chi connectivity index (χ4v) is 4.46. The van der Waals surface area contributed by atoms with Crippen molar-refractivity contribution < 1.29 is 9.90 Å². The minimum Gasteiger partial charge on any atom is -0.511 e. The van der Waals surface area contributed by atoms with Gasteiger partial charge in [0.1, 0.15) is 22.0 Å². The van der Waals surface area contributed by atoms with E-state index in [1.807, 2.05) is 0 Å². The predicted molar refractivity (Wildman–Crippen MR) is 108 cm³/mol. The Bertz CT molecular complexity index is 1090. The summed E-state index contributed by atoms with van der Waals surface area (Å²) in [4.78, 5) is 46.5. The van der Waals surface area contributed by atoms with E-state index in [4.69, 9.17) is 0 Å². The molecule has 0 atom stereocenters. The Morgan fingerprint density at radius 1 is 1.07 bits per heavy atom. The van der Waals surface area contributed by atoms with Crippen LogP contribution in [0.2, 0.25) is 0 Å². The summed E-state index contributed by atoms with van der Waals surface area (Å²) in [5, 5.41) is 10.4. The van der Waals surface area contributed by atoms with Gasteiger partial charge in [-0.1, -0.05) is 31.0 Å². The number of nitrogens with zero attached hydrogens (tertiary/aromatic N) is 4. The molecule has 28 heavy (non-hydrogen) atoms. The van der Waals surface area contributed by atoms with Crippen LogP contribution >= 0.6 is 11.8 Å². The number of carbonyl (C=O) groups excluding carboxylic acids is 1. The van der Waals surface area contributed by atoms with Crippen LogP contribution in [0.3, 0.4) is 0 Å². The number of aliphatic hydroxyl groups excluding tert-OH is 1. The zero-order valence-corrected chi connectivity index (χ0v) is 17.3. The topological polar surface area (TPSA) is 107 Å². The van der Waals surface area contributed by atoms with E-state index < -0.39 is 11.2 Å². The third kappa shape index (κ3) is 3.63. The Balaban J connectivity index is 2.32. The molecular weight excluding hydrogens is 380 g/mol. The first-order valence-corrected chi connectivity index (χ1v) is 10.1. The number of rotatable bonds is 4. The van der Waals surface area contributed by atoms with Gasteiger partial charge in [0.2, 0.25) is 0 Å². The highest BCUT2D eigenvalue weighted by molar-refractivity contribution is 8.04. The van der Waals surface area contributed by atoms with Crippen LogP contribution in [0.15, 0.2) is 25.3 Å². The monoisotopic (exact) mass is 404 g/mol. The first-order valence-electron chi connectivity index (χ1n) is 9.28. The lowest BCUT2D eigenvalue weighted by molar-refractivity contribution is -0.113. The first kappa shape index (κ1) is 20.3. The molecule has 2 aromatic rings. The molecule has 0 aromatic carbocycles. The largest absolute Gasteiger partial charge is 0.511 e. The molecule has 0 spiro atoms. The second-order valence-corrected chi connectivity index (χ2v) is 8.20. The number of aliphatic hydroxyl groups is 1. The smallest absolute Gasteiger partial charge is 0.332 e. The van der Waals surface area contributed by atoms with E-state index in [9.17, 15) is 19.5 Å². The maximum absolute atomic E-state index is 12.8. The zero-order valence-electron chi connectivity index (χ0n) is 16.5. The van der Waals surface area contributed by atoms with E-state index >= 15 is 0 Å². The van der Waals surface area contributed by atoms with Gasteiger partial charge >= 0.3 is 5.69 Å². The van der Waals surface area contributed by atoms with Crippen molar-refractivity contribution >= 4 is 28.6 Å².